The van der Waals surface area contributed by atoms with E-state index >= 15 is 0 Å². The van der Waals surface area contributed by atoms with E-state index in [9.17, 15) is 8.78 Å². The highest BCUT2D eigenvalue weighted by molar-refractivity contribution is 5.11. The van der Waals surface area contributed by atoms with Gasteiger partial charge in [0.15, 0.2) is 0 Å². The van der Waals surface area contributed by atoms with Crippen LogP contribution < -0.4 is 5.73 Å². The minimum absolute atomic E-state index is 0.200. The molecule has 0 radical (unpaired) electrons. The maximum atomic E-state index is 12.4. The van der Waals surface area contributed by atoms with Gasteiger partial charge in [0.1, 0.15) is 0 Å². The molecule has 5 heteroatoms. The van der Waals surface area contributed by atoms with Crippen LogP contribution in [0, 0.1) is 0 Å². The second kappa shape index (κ2) is 6.61. The Bertz CT molecular complexity index is 319. The van der Waals surface area contributed by atoms with E-state index in [4.69, 9.17) is 5.73 Å². The average molecular weight is 243 g/mol. The Hall–Kier alpha value is -1.07. The van der Waals surface area contributed by atoms with Gasteiger partial charge in [0.05, 0.1) is 18.3 Å². The zero-order chi connectivity index (χ0) is 12.8. The number of likely N-dealkylation sites (N-methyl/N-ethyl adjacent to an activating group) is 1. The van der Waals surface area contributed by atoms with Crippen LogP contribution in [-0.4, -0.2) is 35.9 Å². The first-order chi connectivity index (χ1) is 8.06. The molecule has 0 saturated carbocycles. The Kier molecular flexibility index (Phi) is 5.44. The third-order valence-corrected chi connectivity index (χ3v) is 2.77. The molecule has 2 atom stereocenters. The molecule has 0 fully saturated rings. The summed E-state index contributed by atoms with van der Waals surface area (Å²) in [5.41, 5.74) is 6.74. The van der Waals surface area contributed by atoms with E-state index < -0.39 is 6.43 Å². The minimum atomic E-state index is -2.37. The zero-order valence-corrected chi connectivity index (χ0v) is 10.2. The molecule has 0 aliphatic rings. The summed E-state index contributed by atoms with van der Waals surface area (Å²) in [5, 5.41) is 0. The van der Waals surface area contributed by atoms with Crippen LogP contribution in [0.25, 0.3) is 0 Å². The monoisotopic (exact) mass is 243 g/mol. The highest BCUT2D eigenvalue weighted by Gasteiger charge is 2.25. The van der Waals surface area contributed by atoms with Gasteiger partial charge >= 0.3 is 0 Å². The van der Waals surface area contributed by atoms with Gasteiger partial charge in [-0.3, -0.25) is 9.88 Å². The molecular weight excluding hydrogens is 224 g/mol. The van der Waals surface area contributed by atoms with E-state index in [1.807, 2.05) is 19.1 Å². The maximum absolute atomic E-state index is 12.4. The number of pyridine rings is 1. The van der Waals surface area contributed by atoms with Crippen LogP contribution in [0.3, 0.4) is 0 Å². The molecule has 2 unspecified atom stereocenters. The van der Waals surface area contributed by atoms with Gasteiger partial charge in [0.25, 0.3) is 6.43 Å². The maximum Gasteiger partial charge on any atom is 0.251 e. The summed E-state index contributed by atoms with van der Waals surface area (Å²) >= 11 is 0. The Labute approximate surface area is 101 Å². The lowest BCUT2D eigenvalue weighted by Crippen LogP contribution is -2.41. The largest absolute Gasteiger partial charge is 0.326 e. The van der Waals surface area contributed by atoms with Gasteiger partial charge < -0.3 is 5.73 Å². The van der Waals surface area contributed by atoms with Gasteiger partial charge in [0, 0.05) is 12.2 Å². The van der Waals surface area contributed by atoms with Crippen LogP contribution in [-0.2, 0) is 0 Å². The van der Waals surface area contributed by atoms with Crippen molar-refractivity contribution in [2.45, 2.75) is 31.9 Å². The summed E-state index contributed by atoms with van der Waals surface area (Å²) in [7, 11) is 1.65. The molecule has 17 heavy (non-hydrogen) atoms. The van der Waals surface area contributed by atoms with Crippen LogP contribution >= 0.6 is 0 Å². The molecule has 0 amide bonds. The van der Waals surface area contributed by atoms with Gasteiger partial charge in [-0.2, -0.15) is 0 Å². The quantitative estimate of drug-likeness (QED) is 0.831. The molecule has 0 aromatic carbocycles. The number of hydrogen-bond acceptors (Lipinski definition) is 3. The lowest BCUT2D eigenvalue weighted by molar-refractivity contribution is 0.0724. The standard InChI is InChI=1S/C12H19F2N3/c1-3-9(15)12(17(2)8-11(13)14)10-6-4-5-7-16-10/h4-7,9,11-12H,3,8,15H2,1-2H3. The first-order valence-corrected chi connectivity index (χ1v) is 5.71. The van der Waals surface area contributed by atoms with E-state index in [-0.39, 0.29) is 18.6 Å². The summed E-state index contributed by atoms with van der Waals surface area (Å²) in [6, 6.07) is 4.99. The summed E-state index contributed by atoms with van der Waals surface area (Å²) < 4.78 is 24.9. The van der Waals surface area contributed by atoms with Crippen LogP contribution in [0.15, 0.2) is 24.4 Å². The van der Waals surface area contributed by atoms with Crippen LogP contribution in [0.1, 0.15) is 25.1 Å². The summed E-state index contributed by atoms with van der Waals surface area (Å²) in [5.74, 6) is 0. The third kappa shape index (κ3) is 4.02. The van der Waals surface area contributed by atoms with E-state index in [2.05, 4.69) is 4.98 Å². The second-order valence-corrected chi connectivity index (χ2v) is 4.10. The van der Waals surface area contributed by atoms with E-state index in [1.165, 1.54) is 0 Å². The lowest BCUT2D eigenvalue weighted by Gasteiger charge is -2.31. The predicted molar refractivity (Wildman–Crippen MR) is 63.9 cm³/mol. The molecule has 1 heterocycles. The number of hydrogen-bond donors (Lipinski definition) is 1. The number of nitrogens with two attached hydrogens (primary N) is 1. The molecule has 1 rings (SSSR count). The third-order valence-electron chi connectivity index (χ3n) is 2.77. The van der Waals surface area contributed by atoms with Crippen LogP contribution in [0.4, 0.5) is 8.78 Å². The van der Waals surface area contributed by atoms with Gasteiger partial charge in [-0.1, -0.05) is 13.0 Å². The van der Waals surface area contributed by atoms with Crippen molar-refractivity contribution in [3.8, 4) is 0 Å². The SMILES string of the molecule is CCC(N)C(c1ccccn1)N(C)CC(F)F. The van der Waals surface area contributed by atoms with Crippen molar-refractivity contribution in [2.24, 2.45) is 5.73 Å². The molecule has 0 aliphatic heterocycles. The number of nitrogens with zero attached hydrogens (tertiary/aromatic N) is 2. The van der Waals surface area contributed by atoms with Crippen LogP contribution in [0.5, 0.6) is 0 Å². The molecule has 96 valence electrons. The van der Waals surface area contributed by atoms with Gasteiger partial charge in [0.2, 0.25) is 0 Å². The summed E-state index contributed by atoms with van der Waals surface area (Å²) in [4.78, 5) is 5.78. The molecule has 0 bridgehead atoms. The van der Waals surface area contributed by atoms with E-state index in [0.717, 1.165) is 12.1 Å². The first-order valence-electron chi connectivity index (χ1n) is 5.71. The van der Waals surface area contributed by atoms with E-state index in [1.54, 1.807) is 24.2 Å². The molecule has 3 nitrogen and oxygen atoms in total. The Balaban J connectivity index is 2.88. The van der Waals surface area contributed by atoms with Crippen molar-refractivity contribution in [2.75, 3.05) is 13.6 Å². The van der Waals surface area contributed by atoms with Crippen molar-refractivity contribution in [3.05, 3.63) is 30.1 Å². The first kappa shape index (κ1) is 14.0. The van der Waals surface area contributed by atoms with Gasteiger partial charge in [-0.05, 0) is 25.6 Å². The molecule has 0 saturated heterocycles. The number of halogens is 2. The smallest absolute Gasteiger partial charge is 0.251 e. The normalized spacial score (nSPS) is 15.2. The molecule has 0 spiro atoms. The Morgan fingerprint density at radius 1 is 1.41 bits per heavy atom. The molecule has 1 aromatic heterocycles. The van der Waals surface area contributed by atoms with Crippen molar-refractivity contribution in [1.82, 2.24) is 9.88 Å². The topological polar surface area (TPSA) is 42.1 Å². The predicted octanol–water partition coefficient (Wildman–Crippen LogP) is 2.06. The van der Waals surface area contributed by atoms with Crippen molar-refractivity contribution < 1.29 is 8.78 Å². The Morgan fingerprint density at radius 3 is 2.59 bits per heavy atom. The summed E-state index contributed by atoms with van der Waals surface area (Å²) in [6.45, 7) is 1.64. The van der Waals surface area contributed by atoms with Gasteiger partial charge in [-0.25, -0.2) is 8.78 Å². The molecular formula is C12H19F2N3. The van der Waals surface area contributed by atoms with Crippen LogP contribution in [0.2, 0.25) is 0 Å². The number of rotatable bonds is 6. The second-order valence-electron chi connectivity index (χ2n) is 4.10. The van der Waals surface area contributed by atoms with Crippen molar-refractivity contribution in [3.63, 3.8) is 0 Å². The zero-order valence-electron chi connectivity index (χ0n) is 10.2. The lowest BCUT2D eigenvalue weighted by atomic mass is 10.0. The van der Waals surface area contributed by atoms with E-state index in [0.29, 0.717) is 0 Å². The average Bonchev–Trinajstić information content (AvgIpc) is 2.29. The minimum Gasteiger partial charge on any atom is -0.326 e. The molecule has 2 N–H and O–H groups in total. The summed E-state index contributed by atoms with van der Waals surface area (Å²) in [6.07, 6.45) is 0.00529. The van der Waals surface area contributed by atoms with Crippen molar-refractivity contribution in [1.29, 1.82) is 0 Å². The molecule has 0 aliphatic carbocycles. The Morgan fingerprint density at radius 2 is 2.12 bits per heavy atom. The number of aromatic nitrogens is 1. The molecule has 1 aromatic rings. The fourth-order valence-corrected chi connectivity index (χ4v) is 1.88. The highest BCUT2D eigenvalue weighted by Crippen LogP contribution is 2.22. The highest BCUT2D eigenvalue weighted by atomic mass is 19.3. The fourth-order valence-electron chi connectivity index (χ4n) is 1.88. The fraction of sp³-hybridized carbons (Fsp3) is 0.583. The van der Waals surface area contributed by atoms with Crippen molar-refractivity contribution >= 4 is 0 Å². The van der Waals surface area contributed by atoms with Gasteiger partial charge in [-0.15, -0.1) is 0 Å². The number of alkyl halides is 2.